The van der Waals surface area contributed by atoms with Crippen LogP contribution in [-0.2, 0) is 15.1 Å². The molecular formula is C16H22O4. The number of benzene rings is 1. The number of hydrogen-bond acceptors (Lipinski definition) is 4. The van der Waals surface area contributed by atoms with Gasteiger partial charge < -0.3 is 14.6 Å². The van der Waals surface area contributed by atoms with Gasteiger partial charge in [0.1, 0.15) is 11.4 Å². The highest BCUT2D eigenvalue weighted by Gasteiger charge is 2.29. The molecule has 1 rings (SSSR count). The van der Waals surface area contributed by atoms with Gasteiger partial charge in [0.25, 0.3) is 0 Å². The molecule has 1 atom stereocenters. The van der Waals surface area contributed by atoms with Gasteiger partial charge in [-0.2, -0.15) is 0 Å². The third-order valence-electron chi connectivity index (χ3n) is 3.42. The second-order valence-corrected chi connectivity index (χ2v) is 4.95. The number of methoxy groups -OCH3 is 1. The number of aliphatic hydroxyl groups is 1. The molecule has 0 aliphatic carbocycles. The van der Waals surface area contributed by atoms with Crippen molar-refractivity contribution in [1.29, 1.82) is 0 Å². The van der Waals surface area contributed by atoms with Crippen LogP contribution in [0.3, 0.4) is 0 Å². The smallest absolute Gasteiger partial charge is 0.338 e. The molecule has 0 saturated heterocycles. The predicted molar refractivity (Wildman–Crippen MR) is 77.7 cm³/mol. The molecule has 0 aliphatic rings. The number of esters is 1. The summed E-state index contributed by atoms with van der Waals surface area (Å²) >= 11 is 0. The first-order valence-corrected chi connectivity index (χ1v) is 6.50. The van der Waals surface area contributed by atoms with Crippen LogP contribution in [0.2, 0.25) is 0 Å². The number of allylic oxidation sites excluding steroid dienone is 1. The summed E-state index contributed by atoms with van der Waals surface area (Å²) in [7, 11) is 1.51. The van der Waals surface area contributed by atoms with Crippen LogP contribution in [0.25, 0.3) is 0 Å². The van der Waals surface area contributed by atoms with E-state index in [9.17, 15) is 9.90 Å². The summed E-state index contributed by atoms with van der Waals surface area (Å²) in [5.74, 6) is 0.00495. The van der Waals surface area contributed by atoms with Crippen molar-refractivity contribution >= 4 is 5.97 Å². The van der Waals surface area contributed by atoms with Crippen molar-refractivity contribution in [2.45, 2.75) is 33.3 Å². The van der Waals surface area contributed by atoms with E-state index in [1.54, 1.807) is 32.9 Å². The summed E-state index contributed by atoms with van der Waals surface area (Å²) in [6.45, 7) is 6.92. The fourth-order valence-corrected chi connectivity index (χ4v) is 1.71. The Morgan fingerprint density at radius 2 is 2.10 bits per heavy atom. The van der Waals surface area contributed by atoms with Crippen molar-refractivity contribution in [2.75, 3.05) is 13.7 Å². The van der Waals surface area contributed by atoms with Crippen LogP contribution in [0.15, 0.2) is 29.8 Å². The Morgan fingerprint density at radius 3 is 2.60 bits per heavy atom. The molecule has 1 N–H and O–H groups in total. The Bertz CT molecular complexity index is 513. The maximum Gasteiger partial charge on any atom is 0.338 e. The van der Waals surface area contributed by atoms with Gasteiger partial charge in [0, 0.05) is 18.2 Å². The van der Waals surface area contributed by atoms with Crippen molar-refractivity contribution in [3.63, 3.8) is 0 Å². The zero-order valence-electron chi connectivity index (χ0n) is 12.7. The van der Waals surface area contributed by atoms with Crippen molar-refractivity contribution in [2.24, 2.45) is 0 Å². The van der Waals surface area contributed by atoms with E-state index in [1.807, 2.05) is 19.1 Å². The minimum atomic E-state index is -0.910. The van der Waals surface area contributed by atoms with Gasteiger partial charge in [0.15, 0.2) is 0 Å². The minimum absolute atomic E-state index is 0.209. The molecule has 0 aliphatic heterocycles. The summed E-state index contributed by atoms with van der Waals surface area (Å²) in [6.07, 6.45) is 1.69. The van der Waals surface area contributed by atoms with Crippen LogP contribution in [-0.4, -0.2) is 24.8 Å². The summed E-state index contributed by atoms with van der Waals surface area (Å²) in [6, 6.07) is 5.47. The SMILES string of the molecule is CC=C(C)C(=O)Oc1cc(C)ccc1[C@](C)(CO)OC. The summed E-state index contributed by atoms with van der Waals surface area (Å²) < 4.78 is 10.8. The molecule has 0 spiro atoms. The summed E-state index contributed by atoms with van der Waals surface area (Å²) in [4.78, 5) is 11.9. The molecule has 1 aromatic rings. The molecule has 1 aromatic carbocycles. The number of ether oxygens (including phenoxy) is 2. The third-order valence-corrected chi connectivity index (χ3v) is 3.42. The van der Waals surface area contributed by atoms with E-state index >= 15 is 0 Å². The highest BCUT2D eigenvalue weighted by molar-refractivity contribution is 5.89. The Morgan fingerprint density at radius 1 is 1.45 bits per heavy atom. The van der Waals surface area contributed by atoms with Gasteiger partial charge in [-0.1, -0.05) is 18.2 Å². The van der Waals surface area contributed by atoms with E-state index in [4.69, 9.17) is 9.47 Å². The lowest BCUT2D eigenvalue weighted by Crippen LogP contribution is -2.30. The molecule has 110 valence electrons. The van der Waals surface area contributed by atoms with E-state index in [0.717, 1.165) is 5.56 Å². The Kier molecular flexibility index (Phi) is 5.48. The topological polar surface area (TPSA) is 55.8 Å². The largest absolute Gasteiger partial charge is 0.423 e. The molecule has 0 fully saturated rings. The highest BCUT2D eigenvalue weighted by atomic mass is 16.5. The zero-order chi connectivity index (χ0) is 15.3. The third kappa shape index (κ3) is 3.46. The molecule has 0 radical (unpaired) electrons. The summed E-state index contributed by atoms with van der Waals surface area (Å²) in [5.41, 5.74) is 1.23. The molecule has 20 heavy (non-hydrogen) atoms. The quantitative estimate of drug-likeness (QED) is 0.511. The van der Waals surface area contributed by atoms with Crippen molar-refractivity contribution in [1.82, 2.24) is 0 Å². The molecule has 4 heteroatoms. The van der Waals surface area contributed by atoms with Crippen molar-refractivity contribution in [3.05, 3.63) is 41.0 Å². The summed E-state index contributed by atoms with van der Waals surface area (Å²) in [5, 5.41) is 9.55. The normalized spacial score (nSPS) is 14.8. The lowest BCUT2D eigenvalue weighted by molar-refractivity contribution is -0.130. The monoisotopic (exact) mass is 278 g/mol. The first-order valence-electron chi connectivity index (χ1n) is 6.50. The number of aliphatic hydroxyl groups excluding tert-OH is 1. The molecule has 0 bridgehead atoms. The van der Waals surface area contributed by atoms with E-state index in [0.29, 0.717) is 16.9 Å². The van der Waals surface area contributed by atoms with E-state index in [2.05, 4.69) is 0 Å². The lowest BCUT2D eigenvalue weighted by Gasteiger charge is -2.28. The average Bonchev–Trinajstić information content (AvgIpc) is 2.45. The molecule has 0 aromatic heterocycles. The molecular weight excluding hydrogens is 256 g/mol. The van der Waals surface area contributed by atoms with E-state index in [-0.39, 0.29) is 6.61 Å². The number of rotatable bonds is 5. The van der Waals surface area contributed by atoms with E-state index in [1.165, 1.54) is 7.11 Å². The van der Waals surface area contributed by atoms with Gasteiger partial charge in [-0.3, -0.25) is 0 Å². The van der Waals surface area contributed by atoms with Gasteiger partial charge in [-0.15, -0.1) is 0 Å². The fraction of sp³-hybridized carbons (Fsp3) is 0.438. The number of hydrogen-bond donors (Lipinski definition) is 1. The maximum atomic E-state index is 11.9. The van der Waals surface area contributed by atoms with Crippen molar-refractivity contribution in [3.8, 4) is 5.75 Å². The standard InChI is InChI=1S/C16H22O4/c1-6-12(3)15(18)20-14-9-11(2)7-8-13(14)16(4,10-17)19-5/h6-9,17H,10H2,1-5H3/t16-/m0/s1. The second kappa shape index (κ2) is 6.68. The molecule has 0 heterocycles. The first kappa shape index (κ1) is 16.4. The minimum Gasteiger partial charge on any atom is -0.423 e. The van der Waals surface area contributed by atoms with Crippen LogP contribution < -0.4 is 4.74 Å². The molecule has 0 saturated carbocycles. The Labute approximate surface area is 120 Å². The van der Waals surface area contributed by atoms with Crippen LogP contribution >= 0.6 is 0 Å². The van der Waals surface area contributed by atoms with Gasteiger partial charge in [0.05, 0.1) is 6.61 Å². The number of aryl methyl sites for hydroxylation is 1. The maximum absolute atomic E-state index is 11.9. The van der Waals surface area contributed by atoms with Gasteiger partial charge in [-0.25, -0.2) is 4.79 Å². The predicted octanol–water partition coefficient (Wildman–Crippen LogP) is 2.72. The van der Waals surface area contributed by atoms with Crippen LogP contribution in [0, 0.1) is 6.92 Å². The number of carbonyl (C=O) groups is 1. The van der Waals surface area contributed by atoms with Crippen LogP contribution in [0.4, 0.5) is 0 Å². The van der Waals surface area contributed by atoms with E-state index < -0.39 is 11.6 Å². The van der Waals surface area contributed by atoms with Gasteiger partial charge >= 0.3 is 5.97 Å². The average molecular weight is 278 g/mol. The second-order valence-electron chi connectivity index (χ2n) is 4.95. The first-order chi connectivity index (χ1) is 9.37. The highest BCUT2D eigenvalue weighted by Crippen LogP contribution is 2.33. The number of carbonyl (C=O) groups excluding carboxylic acids is 1. The fourth-order valence-electron chi connectivity index (χ4n) is 1.71. The lowest BCUT2D eigenvalue weighted by atomic mass is 9.94. The van der Waals surface area contributed by atoms with Crippen molar-refractivity contribution < 1.29 is 19.4 Å². The zero-order valence-corrected chi connectivity index (χ0v) is 12.7. The molecule has 4 nitrogen and oxygen atoms in total. The molecule has 0 amide bonds. The van der Waals surface area contributed by atoms with Crippen LogP contribution in [0.5, 0.6) is 5.75 Å². The van der Waals surface area contributed by atoms with Crippen LogP contribution in [0.1, 0.15) is 31.9 Å². The molecule has 0 unspecified atom stereocenters. The van der Waals surface area contributed by atoms with Gasteiger partial charge in [0.2, 0.25) is 0 Å². The van der Waals surface area contributed by atoms with Gasteiger partial charge in [-0.05, 0) is 39.3 Å². The Hall–Kier alpha value is -1.65. The Balaban J connectivity index is 3.24.